The van der Waals surface area contributed by atoms with Gasteiger partial charge in [0.1, 0.15) is 5.82 Å². The predicted molar refractivity (Wildman–Crippen MR) is 109 cm³/mol. The molecule has 0 saturated heterocycles. The highest BCUT2D eigenvalue weighted by Crippen LogP contribution is 2.18. The Labute approximate surface area is 163 Å². The van der Waals surface area contributed by atoms with Gasteiger partial charge in [-0.25, -0.2) is 4.39 Å². The van der Waals surface area contributed by atoms with E-state index in [-0.39, 0.29) is 11.8 Å². The van der Waals surface area contributed by atoms with E-state index in [2.05, 4.69) is 24.5 Å². The molecule has 0 saturated carbocycles. The van der Waals surface area contributed by atoms with Gasteiger partial charge < -0.3 is 10.6 Å². The number of rotatable bonds is 5. The lowest BCUT2D eigenvalue weighted by atomic mass is 10.0. The fourth-order valence-electron chi connectivity index (χ4n) is 2.70. The fourth-order valence-corrected chi connectivity index (χ4v) is 2.70. The van der Waals surface area contributed by atoms with Crippen molar-refractivity contribution in [3.05, 3.63) is 95.3 Å². The van der Waals surface area contributed by atoms with Crippen molar-refractivity contribution in [1.29, 1.82) is 0 Å². The largest absolute Gasteiger partial charge is 0.322 e. The van der Waals surface area contributed by atoms with Gasteiger partial charge in [0.15, 0.2) is 0 Å². The Kier molecular flexibility index (Phi) is 5.84. The molecule has 3 rings (SSSR count). The average molecular weight is 376 g/mol. The van der Waals surface area contributed by atoms with Gasteiger partial charge in [0, 0.05) is 22.5 Å². The van der Waals surface area contributed by atoms with Crippen LogP contribution in [0, 0.1) is 5.82 Å². The van der Waals surface area contributed by atoms with Crippen molar-refractivity contribution in [1.82, 2.24) is 0 Å². The molecule has 0 heterocycles. The Morgan fingerprint density at radius 1 is 0.750 bits per heavy atom. The quantitative estimate of drug-likeness (QED) is 0.622. The molecule has 2 amide bonds. The molecule has 3 aromatic carbocycles. The summed E-state index contributed by atoms with van der Waals surface area (Å²) >= 11 is 0. The number of carbonyl (C=O) groups is 2. The Balaban J connectivity index is 1.64. The lowest BCUT2D eigenvalue weighted by Gasteiger charge is -2.09. The van der Waals surface area contributed by atoms with Crippen LogP contribution in [0.3, 0.4) is 0 Å². The summed E-state index contributed by atoms with van der Waals surface area (Å²) in [5, 5.41) is 5.46. The Hall–Kier alpha value is -3.47. The zero-order valence-electron chi connectivity index (χ0n) is 15.7. The van der Waals surface area contributed by atoms with Crippen molar-refractivity contribution in [3.63, 3.8) is 0 Å². The van der Waals surface area contributed by atoms with Crippen molar-refractivity contribution in [3.8, 4) is 0 Å². The molecule has 0 bridgehead atoms. The van der Waals surface area contributed by atoms with Crippen molar-refractivity contribution in [2.75, 3.05) is 10.6 Å². The van der Waals surface area contributed by atoms with E-state index in [1.807, 2.05) is 24.3 Å². The van der Waals surface area contributed by atoms with Crippen LogP contribution in [0.25, 0.3) is 0 Å². The SMILES string of the molecule is CC(C)c1ccc(NC(=O)c2ccc(C(=O)Nc3cccc(F)c3)cc2)cc1. The molecule has 0 aromatic heterocycles. The molecule has 0 aliphatic rings. The highest BCUT2D eigenvalue weighted by atomic mass is 19.1. The number of halogens is 1. The van der Waals surface area contributed by atoms with Crippen molar-refractivity contribution in [2.45, 2.75) is 19.8 Å². The number of anilines is 2. The molecule has 0 aliphatic heterocycles. The number of carbonyl (C=O) groups excluding carboxylic acids is 2. The molecule has 3 aromatic rings. The molecule has 0 fully saturated rings. The van der Waals surface area contributed by atoms with Crippen LogP contribution in [0.1, 0.15) is 46.0 Å². The van der Waals surface area contributed by atoms with Crippen LogP contribution in [-0.2, 0) is 0 Å². The zero-order valence-corrected chi connectivity index (χ0v) is 15.7. The highest BCUT2D eigenvalue weighted by molar-refractivity contribution is 6.07. The minimum atomic E-state index is -0.425. The Bertz CT molecular complexity index is 980. The maximum Gasteiger partial charge on any atom is 0.255 e. The summed E-state index contributed by atoms with van der Waals surface area (Å²) in [6.45, 7) is 4.22. The van der Waals surface area contributed by atoms with Crippen molar-refractivity contribution >= 4 is 23.2 Å². The van der Waals surface area contributed by atoms with Gasteiger partial charge in [0.25, 0.3) is 11.8 Å². The topological polar surface area (TPSA) is 58.2 Å². The van der Waals surface area contributed by atoms with Crippen LogP contribution in [0.15, 0.2) is 72.8 Å². The second-order valence-electron chi connectivity index (χ2n) is 6.77. The van der Waals surface area contributed by atoms with Crippen LogP contribution in [0.4, 0.5) is 15.8 Å². The van der Waals surface area contributed by atoms with Gasteiger partial charge in [0.05, 0.1) is 0 Å². The van der Waals surface area contributed by atoms with E-state index in [9.17, 15) is 14.0 Å². The van der Waals surface area contributed by atoms with Gasteiger partial charge in [0.2, 0.25) is 0 Å². The number of hydrogen-bond donors (Lipinski definition) is 2. The number of hydrogen-bond acceptors (Lipinski definition) is 2. The second-order valence-corrected chi connectivity index (χ2v) is 6.77. The third-order valence-corrected chi connectivity index (χ3v) is 4.33. The molecule has 5 heteroatoms. The Morgan fingerprint density at radius 3 is 1.79 bits per heavy atom. The Morgan fingerprint density at radius 2 is 1.29 bits per heavy atom. The van der Waals surface area contributed by atoms with E-state index in [1.165, 1.54) is 23.8 Å². The predicted octanol–water partition coefficient (Wildman–Crippen LogP) is 5.45. The van der Waals surface area contributed by atoms with E-state index < -0.39 is 5.82 Å². The number of nitrogens with one attached hydrogen (secondary N) is 2. The summed E-state index contributed by atoms with van der Waals surface area (Å²) in [7, 11) is 0. The maximum absolute atomic E-state index is 13.2. The van der Waals surface area contributed by atoms with Gasteiger partial charge in [-0.15, -0.1) is 0 Å². The van der Waals surface area contributed by atoms with Crippen LogP contribution < -0.4 is 10.6 Å². The van der Waals surface area contributed by atoms with E-state index >= 15 is 0 Å². The first-order valence-electron chi connectivity index (χ1n) is 9.00. The molecule has 0 radical (unpaired) electrons. The van der Waals surface area contributed by atoms with Crippen LogP contribution in [-0.4, -0.2) is 11.8 Å². The normalized spacial score (nSPS) is 10.6. The molecule has 2 N–H and O–H groups in total. The van der Waals surface area contributed by atoms with Gasteiger partial charge in [-0.1, -0.05) is 32.0 Å². The molecule has 28 heavy (non-hydrogen) atoms. The second kappa shape index (κ2) is 8.48. The molecule has 0 atom stereocenters. The molecule has 0 spiro atoms. The standard InChI is InChI=1S/C23H21FN2O2/c1-15(2)16-10-12-20(13-11-16)25-22(27)17-6-8-18(9-7-17)23(28)26-21-5-3-4-19(24)14-21/h3-15H,1-2H3,(H,25,27)(H,26,28). The van der Waals surface area contributed by atoms with E-state index in [0.717, 1.165) is 0 Å². The number of amides is 2. The summed E-state index contributed by atoms with van der Waals surface area (Å²) in [6, 6.07) is 19.7. The third kappa shape index (κ3) is 4.82. The molecule has 0 unspecified atom stereocenters. The molecule has 142 valence electrons. The first-order valence-corrected chi connectivity index (χ1v) is 9.00. The monoisotopic (exact) mass is 376 g/mol. The summed E-state index contributed by atoms with van der Waals surface area (Å²) in [4.78, 5) is 24.6. The fraction of sp³-hybridized carbons (Fsp3) is 0.130. The molecule has 4 nitrogen and oxygen atoms in total. The van der Waals surface area contributed by atoms with Gasteiger partial charge >= 0.3 is 0 Å². The van der Waals surface area contributed by atoms with Crippen molar-refractivity contribution in [2.24, 2.45) is 0 Å². The van der Waals surface area contributed by atoms with Crippen molar-refractivity contribution < 1.29 is 14.0 Å². The molecule has 0 aliphatic carbocycles. The number of benzene rings is 3. The average Bonchev–Trinajstić information content (AvgIpc) is 2.68. The highest BCUT2D eigenvalue weighted by Gasteiger charge is 2.10. The van der Waals surface area contributed by atoms with Crippen LogP contribution in [0.5, 0.6) is 0 Å². The maximum atomic E-state index is 13.2. The molecular formula is C23H21FN2O2. The zero-order chi connectivity index (χ0) is 20.1. The lowest BCUT2D eigenvalue weighted by molar-refractivity contribution is 0.101. The summed E-state index contributed by atoms with van der Waals surface area (Å²) in [5.74, 6) is -0.627. The van der Waals surface area contributed by atoms with E-state index in [1.54, 1.807) is 30.3 Å². The van der Waals surface area contributed by atoms with Crippen LogP contribution in [0.2, 0.25) is 0 Å². The van der Waals surface area contributed by atoms with Gasteiger partial charge in [-0.2, -0.15) is 0 Å². The van der Waals surface area contributed by atoms with Gasteiger partial charge in [-0.05, 0) is 66.1 Å². The van der Waals surface area contributed by atoms with E-state index in [4.69, 9.17) is 0 Å². The minimum absolute atomic E-state index is 0.255. The first kappa shape index (κ1) is 19.3. The summed E-state index contributed by atoms with van der Waals surface area (Å²) in [6.07, 6.45) is 0. The summed E-state index contributed by atoms with van der Waals surface area (Å²) < 4.78 is 13.2. The smallest absolute Gasteiger partial charge is 0.255 e. The van der Waals surface area contributed by atoms with E-state index in [0.29, 0.717) is 28.4 Å². The molecular weight excluding hydrogens is 355 g/mol. The summed E-state index contributed by atoms with van der Waals surface area (Å²) in [5.41, 5.74) is 3.10. The van der Waals surface area contributed by atoms with Gasteiger partial charge in [-0.3, -0.25) is 9.59 Å². The first-order chi connectivity index (χ1) is 13.4. The minimum Gasteiger partial charge on any atom is -0.322 e. The lowest BCUT2D eigenvalue weighted by Crippen LogP contribution is -2.14. The third-order valence-electron chi connectivity index (χ3n) is 4.33. The van der Waals surface area contributed by atoms with Crippen LogP contribution >= 0.6 is 0 Å².